The molecule has 1 aliphatic rings. The molecule has 0 saturated carbocycles. The van der Waals surface area contributed by atoms with Gasteiger partial charge in [-0.25, -0.2) is 0 Å². The van der Waals surface area contributed by atoms with Gasteiger partial charge in [-0.1, -0.05) is 19.9 Å². The third kappa shape index (κ3) is 3.26. The molecule has 0 fully saturated rings. The molecule has 0 aliphatic carbocycles. The first kappa shape index (κ1) is 13.9. The van der Waals surface area contributed by atoms with Crippen LogP contribution in [0.4, 0.5) is 5.69 Å². The van der Waals surface area contributed by atoms with Crippen LogP contribution in [-0.4, -0.2) is 25.6 Å². The van der Waals surface area contributed by atoms with Gasteiger partial charge in [0.1, 0.15) is 5.75 Å². The normalized spacial score (nSPS) is 18.5. The Labute approximate surface area is 114 Å². The second kappa shape index (κ2) is 5.21. The summed E-state index contributed by atoms with van der Waals surface area (Å²) in [5.41, 5.74) is 2.16. The quantitative estimate of drug-likeness (QED) is 0.874. The fraction of sp³-hybridized carbons (Fsp3) is 0.533. The minimum Gasteiger partial charge on any atom is -0.479 e. The maximum absolute atomic E-state index is 11.6. The Kier molecular flexibility index (Phi) is 3.80. The highest BCUT2D eigenvalue weighted by atomic mass is 16.5. The van der Waals surface area contributed by atoms with Crippen molar-refractivity contribution >= 4 is 11.6 Å². The number of nitrogens with one attached hydrogen (secondary N) is 2. The number of hydrogen-bond donors (Lipinski definition) is 2. The summed E-state index contributed by atoms with van der Waals surface area (Å²) < 4.78 is 5.55. The number of benzene rings is 1. The average Bonchev–Trinajstić information content (AvgIpc) is 2.30. The number of carbonyl (C=O) groups is 1. The monoisotopic (exact) mass is 262 g/mol. The summed E-state index contributed by atoms with van der Waals surface area (Å²) >= 11 is 0. The van der Waals surface area contributed by atoms with Crippen LogP contribution in [0.5, 0.6) is 5.75 Å². The minimum atomic E-state index is -0.418. The van der Waals surface area contributed by atoms with E-state index in [1.54, 1.807) is 6.92 Å². The molecule has 4 nitrogen and oxygen atoms in total. The lowest BCUT2D eigenvalue weighted by molar-refractivity contribution is -0.122. The van der Waals surface area contributed by atoms with E-state index < -0.39 is 6.10 Å². The van der Waals surface area contributed by atoms with Crippen molar-refractivity contribution in [1.29, 1.82) is 0 Å². The second-order valence-electron chi connectivity index (χ2n) is 5.95. The van der Waals surface area contributed by atoms with Crippen molar-refractivity contribution in [2.24, 2.45) is 5.41 Å². The molecule has 1 aromatic carbocycles. The van der Waals surface area contributed by atoms with Crippen LogP contribution in [-0.2, 0) is 11.2 Å². The third-order valence-corrected chi connectivity index (χ3v) is 3.31. The number of fused-ring (bicyclic) bond motifs is 1. The Bertz CT molecular complexity index is 483. The molecule has 1 unspecified atom stereocenters. The molecule has 1 amide bonds. The Hall–Kier alpha value is -1.55. The summed E-state index contributed by atoms with van der Waals surface area (Å²) in [5, 5.41) is 6.10. The van der Waals surface area contributed by atoms with Gasteiger partial charge in [-0.2, -0.15) is 0 Å². The molecule has 4 heteroatoms. The van der Waals surface area contributed by atoms with Gasteiger partial charge >= 0.3 is 0 Å². The third-order valence-electron chi connectivity index (χ3n) is 3.31. The number of carbonyl (C=O) groups excluding carboxylic acids is 1. The molecule has 0 saturated heterocycles. The lowest BCUT2D eigenvalue weighted by Gasteiger charge is -2.27. The van der Waals surface area contributed by atoms with Crippen molar-refractivity contribution < 1.29 is 9.53 Å². The molecule has 1 aromatic rings. The van der Waals surface area contributed by atoms with Crippen LogP contribution in [0.15, 0.2) is 18.2 Å². The molecule has 2 rings (SSSR count). The molecule has 1 aliphatic heterocycles. The van der Waals surface area contributed by atoms with Gasteiger partial charge in [0.25, 0.3) is 5.91 Å². The summed E-state index contributed by atoms with van der Waals surface area (Å²) in [6, 6.07) is 6.02. The molecule has 19 heavy (non-hydrogen) atoms. The van der Waals surface area contributed by atoms with E-state index in [1.807, 2.05) is 19.2 Å². The minimum absolute atomic E-state index is 0.0841. The Morgan fingerprint density at radius 1 is 1.42 bits per heavy atom. The molecule has 0 aromatic heterocycles. The molecule has 0 radical (unpaired) electrons. The van der Waals surface area contributed by atoms with E-state index in [1.165, 1.54) is 5.56 Å². The first-order valence-corrected chi connectivity index (χ1v) is 6.66. The van der Waals surface area contributed by atoms with E-state index in [2.05, 4.69) is 30.5 Å². The number of amides is 1. The topological polar surface area (TPSA) is 50.4 Å². The second-order valence-corrected chi connectivity index (χ2v) is 5.95. The van der Waals surface area contributed by atoms with Gasteiger partial charge in [0.05, 0.1) is 5.69 Å². The van der Waals surface area contributed by atoms with Crippen molar-refractivity contribution in [3.8, 4) is 5.75 Å². The van der Waals surface area contributed by atoms with E-state index in [0.29, 0.717) is 0 Å². The summed E-state index contributed by atoms with van der Waals surface area (Å²) in [6.07, 6.45) is 0.533. The number of rotatable bonds is 4. The lowest BCUT2D eigenvalue weighted by Crippen LogP contribution is -2.34. The highest BCUT2D eigenvalue weighted by molar-refractivity contribution is 5.97. The van der Waals surface area contributed by atoms with Crippen molar-refractivity contribution in [2.45, 2.75) is 33.3 Å². The van der Waals surface area contributed by atoms with E-state index in [0.717, 1.165) is 24.4 Å². The van der Waals surface area contributed by atoms with Crippen LogP contribution in [0, 0.1) is 5.41 Å². The first-order valence-electron chi connectivity index (χ1n) is 6.66. The molecule has 2 N–H and O–H groups in total. The summed E-state index contributed by atoms with van der Waals surface area (Å²) in [5.74, 6) is 0.668. The molecule has 104 valence electrons. The zero-order valence-electron chi connectivity index (χ0n) is 12.0. The highest BCUT2D eigenvalue weighted by Gasteiger charge is 2.24. The van der Waals surface area contributed by atoms with Crippen LogP contribution in [0.1, 0.15) is 26.3 Å². The maximum atomic E-state index is 11.6. The van der Waals surface area contributed by atoms with Crippen molar-refractivity contribution in [2.75, 3.05) is 18.9 Å². The van der Waals surface area contributed by atoms with Gasteiger partial charge in [-0.15, -0.1) is 0 Å². The average molecular weight is 262 g/mol. The van der Waals surface area contributed by atoms with Gasteiger partial charge in [0.2, 0.25) is 0 Å². The SMILES string of the molecule is CNCC(C)(C)Cc1ccc2c(c1)NC(=O)C(C)O2. The van der Waals surface area contributed by atoms with Crippen LogP contribution < -0.4 is 15.4 Å². The highest BCUT2D eigenvalue weighted by Crippen LogP contribution is 2.32. The number of ether oxygens (including phenoxy) is 1. The van der Waals surface area contributed by atoms with E-state index in [-0.39, 0.29) is 11.3 Å². The molecule has 0 bridgehead atoms. The molecule has 1 atom stereocenters. The fourth-order valence-electron chi connectivity index (χ4n) is 2.46. The zero-order chi connectivity index (χ0) is 14.0. The Morgan fingerprint density at radius 2 is 2.16 bits per heavy atom. The van der Waals surface area contributed by atoms with Gasteiger partial charge in [-0.05, 0) is 43.5 Å². The Morgan fingerprint density at radius 3 is 2.84 bits per heavy atom. The lowest BCUT2D eigenvalue weighted by atomic mass is 9.85. The van der Waals surface area contributed by atoms with Gasteiger partial charge in [0, 0.05) is 6.54 Å². The standard InChI is InChI=1S/C15H22N2O2/c1-10-14(18)17-12-7-11(5-6-13(12)19-10)8-15(2,3)9-16-4/h5-7,10,16H,8-9H2,1-4H3,(H,17,18). The molecular weight excluding hydrogens is 240 g/mol. The van der Waals surface area contributed by atoms with Crippen LogP contribution in [0.3, 0.4) is 0 Å². The first-order chi connectivity index (χ1) is 8.91. The largest absolute Gasteiger partial charge is 0.479 e. The Balaban J connectivity index is 2.18. The zero-order valence-corrected chi connectivity index (χ0v) is 12.0. The van der Waals surface area contributed by atoms with Crippen LogP contribution >= 0.6 is 0 Å². The molecule has 1 heterocycles. The smallest absolute Gasteiger partial charge is 0.265 e. The van der Waals surface area contributed by atoms with Gasteiger partial charge < -0.3 is 15.4 Å². The maximum Gasteiger partial charge on any atom is 0.265 e. The number of hydrogen-bond acceptors (Lipinski definition) is 3. The summed E-state index contributed by atoms with van der Waals surface area (Å²) in [6.45, 7) is 7.15. The van der Waals surface area contributed by atoms with E-state index in [9.17, 15) is 4.79 Å². The van der Waals surface area contributed by atoms with Gasteiger partial charge in [0.15, 0.2) is 6.10 Å². The number of anilines is 1. The molecule has 0 spiro atoms. The molecular formula is C15H22N2O2. The van der Waals surface area contributed by atoms with Crippen LogP contribution in [0.2, 0.25) is 0 Å². The van der Waals surface area contributed by atoms with Crippen molar-refractivity contribution in [1.82, 2.24) is 5.32 Å². The fourth-order valence-corrected chi connectivity index (χ4v) is 2.46. The summed E-state index contributed by atoms with van der Waals surface area (Å²) in [4.78, 5) is 11.6. The van der Waals surface area contributed by atoms with E-state index in [4.69, 9.17) is 4.74 Å². The van der Waals surface area contributed by atoms with Crippen LogP contribution in [0.25, 0.3) is 0 Å². The van der Waals surface area contributed by atoms with Gasteiger partial charge in [-0.3, -0.25) is 4.79 Å². The van der Waals surface area contributed by atoms with E-state index >= 15 is 0 Å². The van der Waals surface area contributed by atoms with Crippen molar-refractivity contribution in [3.05, 3.63) is 23.8 Å². The predicted octanol–water partition coefficient (Wildman–Crippen LogP) is 2.19. The van der Waals surface area contributed by atoms with Crippen molar-refractivity contribution in [3.63, 3.8) is 0 Å². The summed E-state index contributed by atoms with van der Waals surface area (Å²) in [7, 11) is 1.96. The predicted molar refractivity (Wildman–Crippen MR) is 76.6 cm³/mol.